The summed E-state index contributed by atoms with van der Waals surface area (Å²) in [6.07, 6.45) is 0.370. The molecule has 1 aromatic carbocycles. The summed E-state index contributed by atoms with van der Waals surface area (Å²) in [5.74, 6) is -0.549. The molecular weight excluding hydrogens is 275 g/mol. The number of benzene rings is 1. The number of aliphatic hydroxyl groups is 1. The van der Waals surface area contributed by atoms with Crippen molar-refractivity contribution in [2.45, 2.75) is 12.0 Å². The van der Waals surface area contributed by atoms with Crippen molar-refractivity contribution in [2.24, 2.45) is 0 Å². The molecule has 1 unspecified atom stereocenters. The third kappa shape index (κ3) is 4.00. The molecule has 1 saturated heterocycles. The molecule has 1 fully saturated rings. The zero-order valence-corrected chi connectivity index (χ0v) is 12.1. The van der Waals surface area contributed by atoms with Gasteiger partial charge >= 0.3 is 0 Å². The summed E-state index contributed by atoms with van der Waals surface area (Å²) in [7, 11) is 1.93. The molecule has 116 valence electrons. The Morgan fingerprint density at radius 2 is 2.19 bits per heavy atom. The van der Waals surface area contributed by atoms with Gasteiger partial charge in [0.05, 0.1) is 13.2 Å². The molecule has 1 aromatic rings. The number of nitrogens with zero attached hydrogens (tertiary/aromatic N) is 1. The molecule has 2 rings (SSSR count). The van der Waals surface area contributed by atoms with Crippen LogP contribution in [0.4, 0.5) is 4.39 Å². The van der Waals surface area contributed by atoms with Gasteiger partial charge in [-0.1, -0.05) is 12.1 Å². The van der Waals surface area contributed by atoms with Gasteiger partial charge in [-0.25, -0.2) is 4.39 Å². The van der Waals surface area contributed by atoms with Crippen LogP contribution in [0, 0.1) is 5.82 Å². The minimum Gasteiger partial charge on any atom is -0.395 e. The van der Waals surface area contributed by atoms with E-state index in [9.17, 15) is 9.18 Å². The highest BCUT2D eigenvalue weighted by Crippen LogP contribution is 2.23. The van der Waals surface area contributed by atoms with Gasteiger partial charge in [-0.2, -0.15) is 0 Å². The average Bonchev–Trinajstić information content (AvgIpc) is 2.47. The number of ether oxygens (including phenoxy) is 1. The summed E-state index contributed by atoms with van der Waals surface area (Å²) in [4.78, 5) is 14.5. The van der Waals surface area contributed by atoms with Crippen LogP contribution in [-0.2, 0) is 16.0 Å². The third-order valence-electron chi connectivity index (χ3n) is 3.59. The lowest BCUT2D eigenvalue weighted by Gasteiger charge is -2.40. The standard InChI is InChI=1S/C15H21FN2O3/c1-18-7-9-21-15(11-18,14(20)17-6-8-19)10-12-2-4-13(16)5-3-12/h2-5,19H,6-11H2,1H3,(H,17,20). The minimum atomic E-state index is -1.00. The van der Waals surface area contributed by atoms with Crippen molar-refractivity contribution < 1.29 is 19.0 Å². The maximum absolute atomic E-state index is 13.0. The molecular formula is C15H21FN2O3. The van der Waals surface area contributed by atoms with Crippen LogP contribution >= 0.6 is 0 Å². The second-order valence-electron chi connectivity index (χ2n) is 5.36. The van der Waals surface area contributed by atoms with E-state index in [-0.39, 0.29) is 24.9 Å². The van der Waals surface area contributed by atoms with Crippen LogP contribution in [0.5, 0.6) is 0 Å². The number of rotatable bonds is 5. The van der Waals surface area contributed by atoms with Gasteiger partial charge in [0, 0.05) is 26.1 Å². The van der Waals surface area contributed by atoms with Crippen molar-refractivity contribution in [1.82, 2.24) is 10.2 Å². The van der Waals surface area contributed by atoms with E-state index in [1.165, 1.54) is 12.1 Å². The molecule has 21 heavy (non-hydrogen) atoms. The fourth-order valence-electron chi connectivity index (χ4n) is 2.54. The van der Waals surface area contributed by atoms with Gasteiger partial charge in [-0.15, -0.1) is 0 Å². The summed E-state index contributed by atoms with van der Waals surface area (Å²) in [5, 5.41) is 11.5. The van der Waals surface area contributed by atoms with Crippen LogP contribution < -0.4 is 5.32 Å². The molecule has 6 heteroatoms. The van der Waals surface area contributed by atoms with Crippen molar-refractivity contribution in [1.29, 1.82) is 0 Å². The highest BCUT2D eigenvalue weighted by atomic mass is 19.1. The first-order valence-corrected chi connectivity index (χ1v) is 7.02. The maximum Gasteiger partial charge on any atom is 0.254 e. The monoisotopic (exact) mass is 296 g/mol. The molecule has 0 bridgehead atoms. The van der Waals surface area contributed by atoms with E-state index in [1.54, 1.807) is 12.1 Å². The molecule has 0 radical (unpaired) electrons. The molecule has 1 aliphatic heterocycles. The zero-order chi connectivity index (χ0) is 15.3. The first kappa shape index (κ1) is 15.9. The predicted molar refractivity (Wildman–Crippen MR) is 76.4 cm³/mol. The van der Waals surface area contributed by atoms with Gasteiger partial charge in [0.2, 0.25) is 0 Å². The van der Waals surface area contributed by atoms with Crippen molar-refractivity contribution in [2.75, 3.05) is 39.9 Å². The summed E-state index contributed by atoms with van der Waals surface area (Å²) < 4.78 is 18.8. The predicted octanol–water partition coefficient (Wildman–Crippen LogP) is 0.178. The first-order chi connectivity index (χ1) is 10.1. The molecule has 1 atom stereocenters. The Labute approximate surface area is 123 Å². The van der Waals surface area contributed by atoms with Gasteiger partial charge in [-0.05, 0) is 24.7 Å². The van der Waals surface area contributed by atoms with Gasteiger partial charge in [-0.3, -0.25) is 4.79 Å². The largest absolute Gasteiger partial charge is 0.395 e. The third-order valence-corrected chi connectivity index (χ3v) is 3.59. The lowest BCUT2D eigenvalue weighted by molar-refractivity contribution is -0.158. The van der Waals surface area contributed by atoms with Gasteiger partial charge in [0.25, 0.3) is 5.91 Å². The molecule has 0 aliphatic carbocycles. The number of carbonyl (C=O) groups is 1. The Balaban J connectivity index is 2.18. The Morgan fingerprint density at radius 3 is 2.81 bits per heavy atom. The second kappa shape index (κ2) is 6.98. The van der Waals surface area contributed by atoms with Gasteiger partial charge in [0.15, 0.2) is 5.60 Å². The Morgan fingerprint density at radius 1 is 1.48 bits per heavy atom. The van der Waals surface area contributed by atoms with Gasteiger partial charge in [0.1, 0.15) is 5.82 Å². The van der Waals surface area contributed by atoms with E-state index < -0.39 is 5.60 Å². The van der Waals surface area contributed by atoms with Crippen molar-refractivity contribution in [3.63, 3.8) is 0 Å². The number of amides is 1. The van der Waals surface area contributed by atoms with E-state index in [2.05, 4.69) is 5.32 Å². The summed E-state index contributed by atoms with van der Waals surface area (Å²) in [6.45, 7) is 1.76. The number of likely N-dealkylation sites (N-methyl/N-ethyl adjacent to an activating group) is 1. The number of nitrogens with one attached hydrogen (secondary N) is 1. The lowest BCUT2D eigenvalue weighted by Crippen LogP contribution is -2.60. The molecule has 0 saturated carbocycles. The number of hydrogen-bond acceptors (Lipinski definition) is 4. The van der Waals surface area contributed by atoms with E-state index in [0.29, 0.717) is 19.6 Å². The summed E-state index contributed by atoms with van der Waals surface area (Å²) >= 11 is 0. The lowest BCUT2D eigenvalue weighted by atomic mass is 9.91. The SMILES string of the molecule is CN1CCOC(Cc2ccc(F)cc2)(C(=O)NCCO)C1. The molecule has 1 aliphatic rings. The molecule has 1 amide bonds. The van der Waals surface area contributed by atoms with Crippen LogP contribution in [0.2, 0.25) is 0 Å². The number of hydrogen-bond donors (Lipinski definition) is 2. The smallest absolute Gasteiger partial charge is 0.254 e. The maximum atomic E-state index is 13.0. The number of morpholine rings is 1. The molecule has 0 aromatic heterocycles. The fraction of sp³-hybridized carbons (Fsp3) is 0.533. The van der Waals surface area contributed by atoms with E-state index >= 15 is 0 Å². The summed E-state index contributed by atoms with van der Waals surface area (Å²) in [5.41, 5.74) is -0.161. The van der Waals surface area contributed by atoms with Crippen molar-refractivity contribution in [3.8, 4) is 0 Å². The minimum absolute atomic E-state index is 0.117. The number of halogens is 1. The van der Waals surface area contributed by atoms with Gasteiger partial charge < -0.3 is 20.1 Å². The second-order valence-corrected chi connectivity index (χ2v) is 5.36. The van der Waals surface area contributed by atoms with Crippen molar-refractivity contribution in [3.05, 3.63) is 35.6 Å². The van der Waals surface area contributed by atoms with Crippen LogP contribution in [0.15, 0.2) is 24.3 Å². The zero-order valence-electron chi connectivity index (χ0n) is 12.1. The summed E-state index contributed by atoms with van der Waals surface area (Å²) in [6, 6.07) is 6.07. The Kier molecular flexibility index (Phi) is 5.27. The first-order valence-electron chi connectivity index (χ1n) is 7.02. The molecule has 5 nitrogen and oxygen atoms in total. The van der Waals surface area contributed by atoms with Crippen molar-refractivity contribution >= 4 is 5.91 Å². The Bertz CT molecular complexity index is 480. The molecule has 0 spiro atoms. The molecule has 1 heterocycles. The molecule has 2 N–H and O–H groups in total. The average molecular weight is 296 g/mol. The van der Waals surface area contributed by atoms with Crippen LogP contribution in [0.3, 0.4) is 0 Å². The number of aliphatic hydroxyl groups excluding tert-OH is 1. The highest BCUT2D eigenvalue weighted by Gasteiger charge is 2.42. The highest BCUT2D eigenvalue weighted by molar-refractivity contribution is 5.86. The Hall–Kier alpha value is -1.50. The van der Waals surface area contributed by atoms with Crippen LogP contribution in [-0.4, -0.2) is 61.4 Å². The van der Waals surface area contributed by atoms with E-state index in [1.807, 2.05) is 11.9 Å². The fourth-order valence-corrected chi connectivity index (χ4v) is 2.54. The quantitative estimate of drug-likeness (QED) is 0.813. The van der Waals surface area contributed by atoms with Crippen LogP contribution in [0.1, 0.15) is 5.56 Å². The van der Waals surface area contributed by atoms with E-state index in [0.717, 1.165) is 12.1 Å². The van der Waals surface area contributed by atoms with Crippen LogP contribution in [0.25, 0.3) is 0 Å². The topological polar surface area (TPSA) is 61.8 Å². The number of carbonyl (C=O) groups excluding carboxylic acids is 1. The van der Waals surface area contributed by atoms with E-state index in [4.69, 9.17) is 9.84 Å². The normalized spacial score (nSPS) is 23.0.